The second-order valence-corrected chi connectivity index (χ2v) is 6.36. The molecule has 0 spiro atoms. The molecule has 1 aromatic carbocycles. The Morgan fingerprint density at radius 1 is 1.14 bits per heavy atom. The molecule has 0 aliphatic heterocycles. The Labute approximate surface area is 150 Å². The highest BCUT2D eigenvalue weighted by Gasteiger charge is 2.10. The van der Waals surface area contributed by atoms with E-state index in [1.807, 2.05) is 6.92 Å². The lowest BCUT2D eigenvalue weighted by molar-refractivity contribution is 0.588. The van der Waals surface area contributed by atoms with E-state index in [0.29, 0.717) is 6.54 Å². The topological polar surface area (TPSA) is 82.6 Å². The zero-order chi connectivity index (χ0) is 15.7. The van der Waals surface area contributed by atoms with Crippen molar-refractivity contribution in [1.82, 2.24) is 15.4 Å². The number of guanidine groups is 1. The van der Waals surface area contributed by atoms with E-state index < -0.39 is 10.0 Å². The van der Waals surface area contributed by atoms with Gasteiger partial charge in [0.1, 0.15) is 0 Å². The molecule has 0 heterocycles. The molecule has 0 unspecified atom stereocenters. The Morgan fingerprint density at radius 3 is 2.27 bits per heavy atom. The molecule has 0 aliphatic rings. The highest BCUT2D eigenvalue weighted by molar-refractivity contribution is 14.0. The third-order valence-corrected chi connectivity index (χ3v) is 4.24. The first-order chi connectivity index (χ1) is 10.0. The lowest BCUT2D eigenvalue weighted by atomic mass is 10.2. The SMILES string of the molecule is CCCNC(=NCc1ccc(S(=O)(=O)NC)cc1)NCC.I. The van der Waals surface area contributed by atoms with E-state index in [4.69, 9.17) is 0 Å². The molecule has 8 heteroatoms. The van der Waals surface area contributed by atoms with E-state index >= 15 is 0 Å². The number of hydrogen-bond donors (Lipinski definition) is 3. The predicted octanol–water partition coefficient (Wildman–Crippen LogP) is 1.68. The van der Waals surface area contributed by atoms with E-state index in [9.17, 15) is 8.42 Å². The Kier molecular flexibility index (Phi) is 10.4. The fraction of sp³-hybridized carbons (Fsp3) is 0.500. The Hall–Kier alpha value is -0.870. The summed E-state index contributed by atoms with van der Waals surface area (Å²) in [4.78, 5) is 4.72. The van der Waals surface area contributed by atoms with Gasteiger partial charge in [0, 0.05) is 13.1 Å². The van der Waals surface area contributed by atoms with Gasteiger partial charge >= 0.3 is 0 Å². The molecule has 1 rings (SSSR count). The molecule has 1 aromatic rings. The minimum absolute atomic E-state index is 0. The van der Waals surface area contributed by atoms with Crippen LogP contribution in [-0.2, 0) is 16.6 Å². The Morgan fingerprint density at radius 2 is 1.77 bits per heavy atom. The third kappa shape index (κ3) is 6.93. The zero-order valence-electron chi connectivity index (χ0n) is 13.2. The monoisotopic (exact) mass is 440 g/mol. The van der Waals surface area contributed by atoms with Crippen LogP contribution >= 0.6 is 24.0 Å². The summed E-state index contributed by atoms with van der Waals surface area (Å²) in [5, 5.41) is 6.38. The lowest BCUT2D eigenvalue weighted by Crippen LogP contribution is -2.37. The van der Waals surface area contributed by atoms with Gasteiger partial charge in [-0.1, -0.05) is 19.1 Å². The molecule has 0 aromatic heterocycles. The highest BCUT2D eigenvalue weighted by Crippen LogP contribution is 2.10. The number of nitrogens with one attached hydrogen (secondary N) is 3. The van der Waals surface area contributed by atoms with Crippen LogP contribution in [0.15, 0.2) is 34.2 Å². The van der Waals surface area contributed by atoms with Crippen LogP contribution in [-0.4, -0.2) is 34.5 Å². The van der Waals surface area contributed by atoms with Gasteiger partial charge in [0.25, 0.3) is 0 Å². The third-order valence-electron chi connectivity index (χ3n) is 2.81. The molecule has 3 N–H and O–H groups in total. The van der Waals surface area contributed by atoms with Gasteiger partial charge in [-0.15, -0.1) is 24.0 Å². The molecule has 22 heavy (non-hydrogen) atoms. The smallest absolute Gasteiger partial charge is 0.240 e. The number of sulfonamides is 1. The summed E-state index contributed by atoms with van der Waals surface area (Å²) in [5.74, 6) is 0.770. The lowest BCUT2D eigenvalue weighted by Gasteiger charge is -2.10. The standard InChI is InChI=1S/C14H24N4O2S.HI/c1-4-10-17-14(16-5-2)18-11-12-6-8-13(9-7-12)21(19,20)15-3;/h6-9,15H,4-5,10-11H2,1-3H3,(H2,16,17,18);1H. The first-order valence-electron chi connectivity index (χ1n) is 7.08. The molecule has 126 valence electrons. The van der Waals surface area contributed by atoms with Crippen LogP contribution in [0.3, 0.4) is 0 Å². The average molecular weight is 440 g/mol. The molecular formula is C14H25IN4O2S. The summed E-state index contributed by atoms with van der Waals surface area (Å²) in [6, 6.07) is 6.72. The second-order valence-electron chi connectivity index (χ2n) is 4.47. The van der Waals surface area contributed by atoms with Crippen molar-refractivity contribution in [3.05, 3.63) is 29.8 Å². The van der Waals surface area contributed by atoms with Crippen LogP contribution in [0.5, 0.6) is 0 Å². The van der Waals surface area contributed by atoms with Crippen LogP contribution in [0.25, 0.3) is 0 Å². The minimum Gasteiger partial charge on any atom is -0.357 e. The van der Waals surface area contributed by atoms with Crippen LogP contribution in [0.4, 0.5) is 0 Å². The summed E-state index contributed by atoms with van der Waals surface area (Å²) in [6.07, 6.45) is 1.03. The summed E-state index contributed by atoms with van der Waals surface area (Å²) >= 11 is 0. The number of benzene rings is 1. The number of aliphatic imine (C=N–C) groups is 1. The van der Waals surface area contributed by atoms with Crippen molar-refractivity contribution in [3.63, 3.8) is 0 Å². The molecule has 0 amide bonds. The van der Waals surface area contributed by atoms with Gasteiger partial charge in [0.15, 0.2) is 5.96 Å². The molecule has 0 bridgehead atoms. The van der Waals surface area contributed by atoms with Gasteiger partial charge in [-0.3, -0.25) is 0 Å². The van der Waals surface area contributed by atoms with Gasteiger partial charge in [-0.25, -0.2) is 18.1 Å². The maximum absolute atomic E-state index is 11.6. The van der Waals surface area contributed by atoms with Crippen LogP contribution in [0, 0.1) is 0 Å². The van der Waals surface area contributed by atoms with Crippen molar-refractivity contribution in [1.29, 1.82) is 0 Å². The summed E-state index contributed by atoms with van der Waals surface area (Å²) in [6.45, 7) is 6.27. The minimum atomic E-state index is -3.38. The molecular weight excluding hydrogens is 415 g/mol. The number of hydrogen-bond acceptors (Lipinski definition) is 3. The summed E-state index contributed by atoms with van der Waals surface area (Å²) in [5.41, 5.74) is 0.957. The Bertz CT molecular complexity index is 559. The van der Waals surface area contributed by atoms with Crippen molar-refractivity contribution < 1.29 is 8.42 Å². The molecule has 6 nitrogen and oxygen atoms in total. The number of halogens is 1. The quantitative estimate of drug-likeness (QED) is 0.342. The van der Waals surface area contributed by atoms with E-state index in [-0.39, 0.29) is 28.9 Å². The molecule has 0 saturated heterocycles. The van der Waals surface area contributed by atoms with Gasteiger partial charge in [0.05, 0.1) is 11.4 Å². The second kappa shape index (κ2) is 10.8. The van der Waals surface area contributed by atoms with E-state index in [0.717, 1.165) is 31.0 Å². The molecule has 0 atom stereocenters. The first-order valence-corrected chi connectivity index (χ1v) is 8.56. The summed E-state index contributed by atoms with van der Waals surface area (Å²) in [7, 11) is -1.98. The van der Waals surface area contributed by atoms with E-state index in [2.05, 4.69) is 27.3 Å². The van der Waals surface area contributed by atoms with Gasteiger partial charge in [-0.05, 0) is 38.1 Å². The molecule has 0 saturated carbocycles. The average Bonchev–Trinajstić information content (AvgIpc) is 2.50. The van der Waals surface area contributed by atoms with Gasteiger partial charge < -0.3 is 10.6 Å². The Balaban J connectivity index is 0.00000441. The van der Waals surface area contributed by atoms with Gasteiger partial charge in [-0.2, -0.15) is 0 Å². The normalized spacial score (nSPS) is 11.7. The van der Waals surface area contributed by atoms with Crippen molar-refractivity contribution in [3.8, 4) is 0 Å². The van der Waals surface area contributed by atoms with Crippen LogP contribution in [0.2, 0.25) is 0 Å². The van der Waals surface area contributed by atoms with Gasteiger partial charge in [0.2, 0.25) is 10.0 Å². The maximum atomic E-state index is 11.6. The largest absolute Gasteiger partial charge is 0.357 e. The number of rotatable bonds is 7. The fourth-order valence-corrected chi connectivity index (χ4v) is 2.38. The van der Waals surface area contributed by atoms with E-state index in [1.165, 1.54) is 7.05 Å². The molecule has 0 fully saturated rings. The van der Waals surface area contributed by atoms with Crippen molar-refractivity contribution >= 4 is 40.0 Å². The van der Waals surface area contributed by atoms with Crippen molar-refractivity contribution in [2.45, 2.75) is 31.7 Å². The van der Waals surface area contributed by atoms with E-state index in [1.54, 1.807) is 24.3 Å². The predicted molar refractivity (Wildman–Crippen MR) is 101 cm³/mol. The first kappa shape index (κ1) is 21.1. The van der Waals surface area contributed by atoms with Crippen LogP contribution in [0.1, 0.15) is 25.8 Å². The van der Waals surface area contributed by atoms with Crippen molar-refractivity contribution in [2.75, 3.05) is 20.1 Å². The maximum Gasteiger partial charge on any atom is 0.240 e. The zero-order valence-corrected chi connectivity index (χ0v) is 16.4. The summed E-state index contributed by atoms with van der Waals surface area (Å²) < 4.78 is 25.5. The van der Waals surface area contributed by atoms with Crippen molar-refractivity contribution in [2.24, 2.45) is 4.99 Å². The molecule has 0 aliphatic carbocycles. The highest BCUT2D eigenvalue weighted by atomic mass is 127. The number of nitrogens with zero attached hydrogens (tertiary/aromatic N) is 1. The fourth-order valence-electron chi connectivity index (χ4n) is 1.65. The van der Waals surface area contributed by atoms with Crippen LogP contribution < -0.4 is 15.4 Å². The molecule has 0 radical (unpaired) electrons.